The largest absolute Gasteiger partial charge is 0.481 e. The van der Waals surface area contributed by atoms with Crippen LogP contribution in [0.3, 0.4) is 0 Å². The van der Waals surface area contributed by atoms with Crippen LogP contribution in [-0.4, -0.2) is 47.6 Å². The zero-order chi connectivity index (χ0) is 16.2. The number of aromatic nitrogens is 1. The fourth-order valence-corrected chi connectivity index (χ4v) is 3.84. The Labute approximate surface area is 140 Å². The number of likely N-dealkylation sites (tertiary alicyclic amines) is 1. The van der Waals surface area contributed by atoms with Gasteiger partial charge in [0.15, 0.2) is 0 Å². The van der Waals surface area contributed by atoms with E-state index in [-0.39, 0.29) is 6.03 Å². The number of nitrogens with one attached hydrogen (secondary N) is 1. The molecule has 0 spiro atoms. The lowest BCUT2D eigenvalue weighted by atomic mass is 10.1. The molecule has 1 aliphatic rings. The molecule has 23 heavy (non-hydrogen) atoms. The van der Waals surface area contributed by atoms with Gasteiger partial charge in [-0.2, -0.15) is 11.8 Å². The molecule has 2 aromatic rings. The molecule has 0 saturated carbocycles. The second kappa shape index (κ2) is 7.08. The van der Waals surface area contributed by atoms with Gasteiger partial charge in [-0.1, -0.05) is 6.07 Å². The van der Waals surface area contributed by atoms with Gasteiger partial charge in [-0.05, 0) is 37.3 Å². The second-order valence-electron chi connectivity index (χ2n) is 5.60. The van der Waals surface area contributed by atoms with Crippen molar-refractivity contribution in [3.05, 3.63) is 30.5 Å². The highest BCUT2D eigenvalue weighted by molar-refractivity contribution is 7.98. The number of thioether (sulfide) groups is 1. The number of pyridine rings is 1. The average molecular weight is 331 g/mol. The summed E-state index contributed by atoms with van der Waals surface area (Å²) in [6.07, 6.45) is 5.94. The van der Waals surface area contributed by atoms with Crippen LogP contribution in [0.5, 0.6) is 5.88 Å². The molecule has 0 aliphatic carbocycles. The van der Waals surface area contributed by atoms with Gasteiger partial charge >= 0.3 is 6.03 Å². The van der Waals surface area contributed by atoms with E-state index in [9.17, 15) is 4.79 Å². The SMILES string of the molecule is COc1nccc2c(NC(=O)N3CCCC3CSC)cccc12. The summed E-state index contributed by atoms with van der Waals surface area (Å²) in [5.41, 5.74) is 0.794. The van der Waals surface area contributed by atoms with Crippen LogP contribution in [0, 0.1) is 0 Å². The Balaban J connectivity index is 1.85. The molecule has 1 aliphatic heterocycles. The summed E-state index contributed by atoms with van der Waals surface area (Å²) in [7, 11) is 1.60. The molecule has 6 heteroatoms. The Morgan fingerprint density at radius 2 is 2.30 bits per heavy atom. The van der Waals surface area contributed by atoms with Crippen LogP contribution in [-0.2, 0) is 0 Å². The molecule has 122 valence electrons. The van der Waals surface area contributed by atoms with Crippen molar-refractivity contribution < 1.29 is 9.53 Å². The number of hydrogen-bond donors (Lipinski definition) is 1. The molecule has 1 unspecified atom stereocenters. The van der Waals surface area contributed by atoms with Gasteiger partial charge < -0.3 is 15.0 Å². The van der Waals surface area contributed by atoms with Gasteiger partial charge in [0.05, 0.1) is 12.8 Å². The number of urea groups is 1. The van der Waals surface area contributed by atoms with Crippen molar-refractivity contribution in [2.75, 3.05) is 31.0 Å². The smallest absolute Gasteiger partial charge is 0.322 e. The summed E-state index contributed by atoms with van der Waals surface area (Å²) in [5, 5.41) is 4.90. The minimum atomic E-state index is -0.0233. The Morgan fingerprint density at radius 1 is 1.43 bits per heavy atom. The van der Waals surface area contributed by atoms with Gasteiger partial charge in [-0.25, -0.2) is 9.78 Å². The lowest BCUT2D eigenvalue weighted by Crippen LogP contribution is -2.39. The lowest BCUT2D eigenvalue weighted by molar-refractivity contribution is 0.211. The number of benzene rings is 1. The Hall–Kier alpha value is -1.95. The van der Waals surface area contributed by atoms with Crippen LogP contribution in [0.25, 0.3) is 10.8 Å². The van der Waals surface area contributed by atoms with Gasteiger partial charge in [0.2, 0.25) is 5.88 Å². The van der Waals surface area contributed by atoms with Crippen molar-refractivity contribution in [3.63, 3.8) is 0 Å². The topological polar surface area (TPSA) is 54.5 Å². The number of rotatable bonds is 4. The first-order chi connectivity index (χ1) is 11.2. The highest BCUT2D eigenvalue weighted by Crippen LogP contribution is 2.29. The number of methoxy groups -OCH3 is 1. The third kappa shape index (κ3) is 3.22. The molecule has 0 bridgehead atoms. The highest BCUT2D eigenvalue weighted by atomic mass is 32.2. The van der Waals surface area contributed by atoms with E-state index in [1.807, 2.05) is 29.2 Å². The van der Waals surface area contributed by atoms with E-state index in [1.165, 1.54) is 0 Å². The maximum Gasteiger partial charge on any atom is 0.322 e. The Kier molecular flexibility index (Phi) is 4.91. The summed E-state index contributed by atoms with van der Waals surface area (Å²) in [4.78, 5) is 18.8. The van der Waals surface area contributed by atoms with Gasteiger partial charge in [0, 0.05) is 35.3 Å². The first-order valence-electron chi connectivity index (χ1n) is 7.73. The van der Waals surface area contributed by atoms with Crippen molar-refractivity contribution >= 4 is 34.3 Å². The van der Waals surface area contributed by atoms with Crippen molar-refractivity contribution in [3.8, 4) is 5.88 Å². The summed E-state index contributed by atoms with van der Waals surface area (Å²) < 4.78 is 5.30. The highest BCUT2D eigenvalue weighted by Gasteiger charge is 2.28. The predicted molar refractivity (Wildman–Crippen MR) is 95.4 cm³/mol. The van der Waals surface area contributed by atoms with Crippen molar-refractivity contribution in [2.45, 2.75) is 18.9 Å². The molecule has 1 aromatic carbocycles. The summed E-state index contributed by atoms with van der Waals surface area (Å²) in [5.74, 6) is 1.56. The number of fused-ring (bicyclic) bond motifs is 1. The third-order valence-electron chi connectivity index (χ3n) is 4.20. The predicted octanol–water partition coefficient (Wildman–Crippen LogP) is 3.60. The Bertz CT molecular complexity index is 707. The lowest BCUT2D eigenvalue weighted by Gasteiger charge is -2.24. The number of hydrogen-bond acceptors (Lipinski definition) is 4. The van der Waals surface area contributed by atoms with Crippen LogP contribution in [0.2, 0.25) is 0 Å². The summed E-state index contributed by atoms with van der Waals surface area (Å²) in [6.45, 7) is 0.826. The molecule has 3 rings (SSSR count). The van der Waals surface area contributed by atoms with Gasteiger partial charge in [0.1, 0.15) is 0 Å². The monoisotopic (exact) mass is 331 g/mol. The molecule has 1 fully saturated rings. The second-order valence-corrected chi connectivity index (χ2v) is 6.51. The van der Waals surface area contributed by atoms with E-state index in [4.69, 9.17) is 4.74 Å². The molecule has 0 radical (unpaired) electrons. The first-order valence-corrected chi connectivity index (χ1v) is 9.12. The van der Waals surface area contributed by atoms with Crippen LogP contribution < -0.4 is 10.1 Å². The van der Waals surface area contributed by atoms with Crippen LogP contribution >= 0.6 is 11.8 Å². The van der Waals surface area contributed by atoms with Crippen molar-refractivity contribution in [1.29, 1.82) is 0 Å². The maximum atomic E-state index is 12.7. The number of amides is 2. The number of anilines is 1. The van der Waals surface area contributed by atoms with Gasteiger partial charge in [0.25, 0.3) is 0 Å². The molecule has 1 N–H and O–H groups in total. The molecular weight excluding hydrogens is 310 g/mol. The summed E-state index contributed by atoms with van der Waals surface area (Å²) in [6, 6.07) is 7.98. The maximum absolute atomic E-state index is 12.7. The fraction of sp³-hybridized carbons (Fsp3) is 0.412. The van der Waals surface area contributed by atoms with Crippen LogP contribution in [0.4, 0.5) is 10.5 Å². The molecule has 5 nitrogen and oxygen atoms in total. The molecule has 1 atom stereocenters. The van der Waals surface area contributed by atoms with E-state index in [0.717, 1.165) is 41.6 Å². The number of carbonyl (C=O) groups excluding carboxylic acids is 1. The summed E-state index contributed by atoms with van der Waals surface area (Å²) >= 11 is 1.79. The van der Waals surface area contributed by atoms with Crippen molar-refractivity contribution in [2.24, 2.45) is 0 Å². The standard InChI is InChI=1S/C17H21N3O2S/c1-22-16-14-6-3-7-15(13(14)8-9-18-16)19-17(21)20-10-4-5-12(20)11-23-2/h3,6-9,12H,4-5,10-11H2,1-2H3,(H,19,21). The normalized spacial score (nSPS) is 17.5. The zero-order valence-corrected chi connectivity index (χ0v) is 14.2. The minimum absolute atomic E-state index is 0.0233. The van der Waals surface area contributed by atoms with Gasteiger partial charge in [-0.15, -0.1) is 0 Å². The van der Waals surface area contributed by atoms with E-state index >= 15 is 0 Å². The molecule has 2 heterocycles. The zero-order valence-electron chi connectivity index (χ0n) is 13.4. The van der Waals surface area contributed by atoms with Crippen LogP contribution in [0.15, 0.2) is 30.5 Å². The minimum Gasteiger partial charge on any atom is -0.481 e. The average Bonchev–Trinajstić information content (AvgIpc) is 3.03. The van der Waals surface area contributed by atoms with Gasteiger partial charge in [-0.3, -0.25) is 0 Å². The number of carbonyl (C=O) groups is 1. The van der Waals surface area contributed by atoms with E-state index in [1.54, 1.807) is 25.1 Å². The van der Waals surface area contributed by atoms with Crippen molar-refractivity contribution in [1.82, 2.24) is 9.88 Å². The quantitative estimate of drug-likeness (QED) is 0.930. The Morgan fingerprint density at radius 3 is 3.09 bits per heavy atom. The fourth-order valence-electron chi connectivity index (χ4n) is 3.11. The number of nitrogens with zero attached hydrogens (tertiary/aromatic N) is 2. The molecule has 2 amide bonds. The molecule has 1 aromatic heterocycles. The van der Waals surface area contributed by atoms with E-state index < -0.39 is 0 Å². The molecule has 1 saturated heterocycles. The van der Waals surface area contributed by atoms with Crippen LogP contribution in [0.1, 0.15) is 12.8 Å². The molecular formula is C17H21N3O2S. The third-order valence-corrected chi connectivity index (χ3v) is 4.92. The van der Waals surface area contributed by atoms with E-state index in [2.05, 4.69) is 16.6 Å². The first kappa shape index (κ1) is 15.9. The van der Waals surface area contributed by atoms with E-state index in [0.29, 0.717) is 11.9 Å². The number of ether oxygens (including phenoxy) is 1.